The van der Waals surface area contributed by atoms with Gasteiger partial charge in [-0.05, 0) is 30.0 Å². The molecule has 6 rings (SSSR count). The number of para-hydroxylation sites is 1. The summed E-state index contributed by atoms with van der Waals surface area (Å²) in [5.74, 6) is -0.652. The topological polar surface area (TPSA) is 73.0 Å². The summed E-state index contributed by atoms with van der Waals surface area (Å²) in [5, 5.41) is 9.44. The van der Waals surface area contributed by atoms with E-state index in [0.717, 1.165) is 29.3 Å². The molecule has 0 N–H and O–H groups in total. The van der Waals surface area contributed by atoms with Gasteiger partial charge in [-0.3, -0.25) is 19.2 Å². The zero-order chi connectivity index (χ0) is 21.8. The van der Waals surface area contributed by atoms with Gasteiger partial charge in [-0.2, -0.15) is 0 Å². The van der Waals surface area contributed by atoms with Gasteiger partial charge >= 0.3 is 0 Å². The van der Waals surface area contributed by atoms with Crippen LogP contribution in [0.3, 0.4) is 0 Å². The number of rotatable bonds is 0. The second-order valence-electron chi connectivity index (χ2n) is 8.35. The summed E-state index contributed by atoms with van der Waals surface area (Å²) in [6, 6.07) is 16.5. The van der Waals surface area contributed by atoms with Crippen LogP contribution in [0.4, 0.5) is 0 Å². The Balaban J connectivity index is 1.66. The normalized spacial score (nSPS) is 16.3. The van der Waals surface area contributed by atoms with Crippen LogP contribution in [-0.2, 0) is 29.1 Å². The smallest absolute Gasteiger partial charge is 0.263 e. The van der Waals surface area contributed by atoms with E-state index in [2.05, 4.69) is 45.2 Å². The largest absolute Gasteiger partial charge is 0.342 e. The maximum Gasteiger partial charge on any atom is 0.263 e. The third-order valence-electron chi connectivity index (χ3n) is 6.43. The molecule has 0 saturated heterocycles. The highest BCUT2D eigenvalue weighted by Gasteiger charge is 2.39. The molecule has 0 saturated carbocycles. The molecule has 0 spiro atoms. The SMILES string of the molecule is CN1C(=O)C2=C(C1=O)c1cn(c3ccccc13)Cc1ccccc1CCCn1cc2nn1. The Bertz CT molecular complexity index is 1440. The van der Waals surface area contributed by atoms with Crippen molar-refractivity contribution in [1.82, 2.24) is 24.5 Å². The number of carbonyl (C=O) groups excluding carboxylic acids is 2. The van der Waals surface area contributed by atoms with E-state index in [1.165, 1.54) is 23.1 Å². The van der Waals surface area contributed by atoms with Gasteiger partial charge in [0, 0.05) is 42.8 Å². The van der Waals surface area contributed by atoms with Gasteiger partial charge < -0.3 is 4.57 Å². The van der Waals surface area contributed by atoms with Crippen LogP contribution in [0.25, 0.3) is 22.0 Å². The van der Waals surface area contributed by atoms with Gasteiger partial charge in [-0.25, -0.2) is 0 Å². The standard InChI is InChI=1S/C25H21N5O2/c1-28-24(31)22-19-14-29(21-11-5-4-10-18(19)21)13-17-8-3-2-7-16(17)9-6-12-30-15-20(26-27-30)23(22)25(28)32/h2-5,7-8,10-11,14-15H,6,9,12-13H2,1H3. The number of hydrogen-bond acceptors (Lipinski definition) is 4. The molecule has 2 aliphatic heterocycles. The lowest BCUT2D eigenvalue weighted by atomic mass is 9.99. The Morgan fingerprint density at radius 3 is 2.50 bits per heavy atom. The maximum absolute atomic E-state index is 13.2. The lowest BCUT2D eigenvalue weighted by Gasteiger charge is -2.12. The minimum absolute atomic E-state index is 0.310. The number of amides is 2. The van der Waals surface area contributed by atoms with Crippen LogP contribution < -0.4 is 0 Å². The van der Waals surface area contributed by atoms with Crippen molar-refractivity contribution in [1.29, 1.82) is 0 Å². The summed E-state index contributed by atoms with van der Waals surface area (Å²) in [4.78, 5) is 27.5. The molecule has 0 unspecified atom stereocenters. The molecule has 0 atom stereocenters. The maximum atomic E-state index is 13.2. The number of fused-ring (bicyclic) bond motifs is 10. The summed E-state index contributed by atoms with van der Waals surface area (Å²) in [5.41, 5.74) is 5.48. The first-order valence-corrected chi connectivity index (χ1v) is 10.7. The molecule has 2 aliphatic rings. The number of hydrogen-bond donors (Lipinski definition) is 0. The molecular weight excluding hydrogens is 402 g/mol. The highest BCUT2D eigenvalue weighted by Crippen LogP contribution is 2.38. The summed E-state index contributed by atoms with van der Waals surface area (Å²) >= 11 is 0. The molecule has 7 heteroatoms. The number of benzene rings is 2. The number of aryl methyl sites for hydroxylation is 2. The van der Waals surface area contributed by atoms with Crippen molar-refractivity contribution < 1.29 is 9.59 Å². The van der Waals surface area contributed by atoms with Crippen LogP contribution >= 0.6 is 0 Å². The Labute approximate surface area is 184 Å². The summed E-state index contributed by atoms with van der Waals surface area (Å²) < 4.78 is 3.93. The fourth-order valence-corrected chi connectivity index (χ4v) is 4.80. The lowest BCUT2D eigenvalue weighted by molar-refractivity contribution is -0.134. The fraction of sp³-hybridized carbons (Fsp3) is 0.200. The van der Waals surface area contributed by atoms with E-state index in [9.17, 15) is 9.59 Å². The molecule has 0 aliphatic carbocycles. The molecule has 2 aromatic carbocycles. The first kappa shape index (κ1) is 18.7. The molecular formula is C25H21N5O2. The number of carbonyl (C=O) groups is 2. The molecule has 0 radical (unpaired) electrons. The highest BCUT2D eigenvalue weighted by atomic mass is 16.2. The van der Waals surface area contributed by atoms with Crippen molar-refractivity contribution in [3.8, 4) is 0 Å². The number of likely N-dealkylation sites (N-methyl/N-ethyl adjacent to an activating group) is 1. The van der Waals surface area contributed by atoms with E-state index in [0.29, 0.717) is 29.9 Å². The van der Waals surface area contributed by atoms with Crippen LogP contribution in [0.1, 0.15) is 28.8 Å². The van der Waals surface area contributed by atoms with Crippen LogP contribution in [0, 0.1) is 0 Å². The van der Waals surface area contributed by atoms with Crippen molar-refractivity contribution in [2.24, 2.45) is 0 Å². The monoisotopic (exact) mass is 423 g/mol. The van der Waals surface area contributed by atoms with Crippen molar-refractivity contribution >= 4 is 33.9 Å². The Hall–Kier alpha value is -4.00. The highest BCUT2D eigenvalue weighted by molar-refractivity contribution is 6.49. The molecule has 2 aromatic heterocycles. The predicted octanol–water partition coefficient (Wildman–Crippen LogP) is 3.14. The van der Waals surface area contributed by atoms with Crippen LogP contribution in [-0.4, -0.2) is 43.3 Å². The average Bonchev–Trinajstić information content (AvgIpc) is 3.47. The minimum Gasteiger partial charge on any atom is -0.342 e. The van der Waals surface area contributed by atoms with Crippen molar-refractivity contribution in [3.63, 3.8) is 0 Å². The van der Waals surface area contributed by atoms with Gasteiger partial charge in [0.25, 0.3) is 11.8 Å². The number of imide groups is 1. The molecule has 2 amide bonds. The van der Waals surface area contributed by atoms with Gasteiger partial charge in [0.1, 0.15) is 5.69 Å². The lowest BCUT2D eigenvalue weighted by Crippen LogP contribution is -2.26. The number of nitrogens with zero attached hydrogens (tertiary/aromatic N) is 5. The van der Waals surface area contributed by atoms with Gasteiger partial charge in [0.05, 0.1) is 17.3 Å². The zero-order valence-electron chi connectivity index (χ0n) is 17.7. The van der Waals surface area contributed by atoms with Crippen molar-refractivity contribution in [3.05, 3.63) is 83.3 Å². The fourth-order valence-electron chi connectivity index (χ4n) is 4.80. The first-order chi connectivity index (χ1) is 15.6. The molecule has 158 valence electrons. The van der Waals surface area contributed by atoms with E-state index in [1.807, 2.05) is 24.4 Å². The van der Waals surface area contributed by atoms with E-state index in [4.69, 9.17) is 0 Å². The average molecular weight is 423 g/mol. The van der Waals surface area contributed by atoms with Crippen molar-refractivity contribution in [2.45, 2.75) is 25.9 Å². The number of aromatic nitrogens is 4. The summed E-state index contributed by atoms with van der Waals surface area (Å²) in [7, 11) is 1.52. The molecule has 32 heavy (non-hydrogen) atoms. The van der Waals surface area contributed by atoms with Crippen LogP contribution in [0.5, 0.6) is 0 Å². The molecule has 4 aromatic rings. The third kappa shape index (κ3) is 2.74. The molecule has 4 heterocycles. The van der Waals surface area contributed by atoms with E-state index < -0.39 is 0 Å². The second kappa shape index (κ2) is 7.02. The van der Waals surface area contributed by atoms with Gasteiger partial charge in [-0.1, -0.05) is 47.7 Å². The first-order valence-electron chi connectivity index (χ1n) is 10.7. The molecule has 0 fully saturated rings. The van der Waals surface area contributed by atoms with Gasteiger partial charge in [0.2, 0.25) is 0 Å². The second-order valence-corrected chi connectivity index (χ2v) is 8.35. The minimum atomic E-state index is -0.341. The van der Waals surface area contributed by atoms with E-state index in [-0.39, 0.29) is 11.8 Å². The third-order valence-corrected chi connectivity index (χ3v) is 6.43. The van der Waals surface area contributed by atoms with Crippen LogP contribution in [0.2, 0.25) is 0 Å². The zero-order valence-corrected chi connectivity index (χ0v) is 17.7. The van der Waals surface area contributed by atoms with Crippen molar-refractivity contribution in [2.75, 3.05) is 7.05 Å². The predicted molar refractivity (Wildman–Crippen MR) is 120 cm³/mol. The molecule has 4 bridgehead atoms. The van der Waals surface area contributed by atoms with E-state index >= 15 is 0 Å². The van der Waals surface area contributed by atoms with Gasteiger partial charge in [-0.15, -0.1) is 5.10 Å². The summed E-state index contributed by atoms with van der Waals surface area (Å²) in [6.45, 7) is 1.38. The Morgan fingerprint density at radius 2 is 1.62 bits per heavy atom. The Kier molecular flexibility index (Phi) is 4.11. The Morgan fingerprint density at radius 1 is 0.875 bits per heavy atom. The quantitative estimate of drug-likeness (QED) is 0.408. The summed E-state index contributed by atoms with van der Waals surface area (Å²) in [6.07, 6.45) is 5.59. The van der Waals surface area contributed by atoms with Gasteiger partial charge in [0.15, 0.2) is 0 Å². The molecule has 7 nitrogen and oxygen atoms in total. The van der Waals surface area contributed by atoms with Crippen LogP contribution in [0.15, 0.2) is 60.9 Å². The van der Waals surface area contributed by atoms with E-state index in [1.54, 1.807) is 10.9 Å².